The molecule has 27 heavy (non-hydrogen) atoms. The van der Waals surface area contributed by atoms with E-state index in [1.807, 2.05) is 13.8 Å². The summed E-state index contributed by atoms with van der Waals surface area (Å²) in [5.41, 5.74) is 1.09. The van der Waals surface area contributed by atoms with Gasteiger partial charge in [-0.05, 0) is 43.7 Å². The number of hydrogen-bond donors (Lipinski definition) is 1. The second-order valence-electron chi connectivity index (χ2n) is 5.86. The highest BCUT2D eigenvalue weighted by Crippen LogP contribution is 2.25. The van der Waals surface area contributed by atoms with E-state index in [1.165, 1.54) is 22.2 Å². The van der Waals surface area contributed by atoms with Crippen molar-refractivity contribution in [1.82, 2.24) is 9.55 Å². The number of anilines is 1. The van der Waals surface area contributed by atoms with E-state index >= 15 is 0 Å². The predicted octanol–water partition coefficient (Wildman–Crippen LogP) is 2.91. The van der Waals surface area contributed by atoms with Crippen LogP contribution in [0.25, 0.3) is 10.2 Å². The van der Waals surface area contributed by atoms with Crippen LogP contribution in [-0.2, 0) is 20.9 Å². The molecule has 1 N–H and O–H groups in total. The van der Waals surface area contributed by atoms with Gasteiger partial charge in [-0.25, -0.2) is 4.98 Å². The zero-order chi connectivity index (χ0) is 19.6. The van der Waals surface area contributed by atoms with Gasteiger partial charge in [0.05, 0.1) is 11.7 Å². The first-order valence-electron chi connectivity index (χ1n) is 8.01. The normalized spacial score (nSPS) is 10.8. The van der Waals surface area contributed by atoms with Crippen molar-refractivity contribution >= 4 is 50.7 Å². The Bertz CT molecular complexity index is 1070. The minimum atomic E-state index is -0.700. The lowest BCUT2D eigenvalue weighted by Gasteiger charge is -2.08. The predicted molar refractivity (Wildman–Crippen MR) is 104 cm³/mol. The lowest BCUT2D eigenvalue weighted by Crippen LogP contribution is -2.28. The molecule has 7 nitrogen and oxygen atoms in total. The van der Waals surface area contributed by atoms with Crippen molar-refractivity contribution in [3.63, 3.8) is 0 Å². The molecule has 2 aromatic heterocycles. The van der Waals surface area contributed by atoms with Gasteiger partial charge in [0.2, 0.25) is 0 Å². The number of hydrogen-bond acceptors (Lipinski definition) is 6. The maximum atomic E-state index is 12.5. The van der Waals surface area contributed by atoms with Gasteiger partial charge in [0.1, 0.15) is 11.4 Å². The average Bonchev–Trinajstić information content (AvgIpc) is 2.92. The summed E-state index contributed by atoms with van der Waals surface area (Å²) in [5, 5.41) is 3.64. The quantitative estimate of drug-likeness (QED) is 0.659. The largest absolute Gasteiger partial charge is 0.454 e. The van der Waals surface area contributed by atoms with Gasteiger partial charge < -0.3 is 10.1 Å². The number of amides is 1. The molecule has 3 aromatic rings. The van der Waals surface area contributed by atoms with Gasteiger partial charge in [-0.3, -0.25) is 19.0 Å². The third kappa shape index (κ3) is 4.35. The summed E-state index contributed by atoms with van der Waals surface area (Å²) in [7, 11) is 0. The molecule has 9 heteroatoms. The molecule has 0 saturated carbocycles. The van der Waals surface area contributed by atoms with Gasteiger partial charge in [0, 0.05) is 15.6 Å². The second-order valence-corrected chi connectivity index (χ2v) is 7.50. The zero-order valence-electron chi connectivity index (χ0n) is 14.6. The molecule has 0 fully saturated rings. The van der Waals surface area contributed by atoms with E-state index < -0.39 is 18.5 Å². The number of halogens is 1. The van der Waals surface area contributed by atoms with Crippen molar-refractivity contribution in [3.8, 4) is 0 Å². The van der Waals surface area contributed by atoms with Crippen LogP contribution in [0.3, 0.4) is 0 Å². The Hall–Kier alpha value is -2.71. The molecule has 0 aliphatic rings. The van der Waals surface area contributed by atoms with Crippen LogP contribution in [0.2, 0.25) is 5.02 Å². The van der Waals surface area contributed by atoms with E-state index in [-0.39, 0.29) is 12.1 Å². The van der Waals surface area contributed by atoms with E-state index in [2.05, 4.69) is 10.3 Å². The maximum absolute atomic E-state index is 12.5. The fraction of sp³-hybridized carbons (Fsp3) is 0.222. The second kappa shape index (κ2) is 7.89. The number of nitrogens with zero attached hydrogens (tertiary/aromatic N) is 2. The fourth-order valence-corrected chi connectivity index (χ4v) is 3.56. The van der Waals surface area contributed by atoms with Crippen LogP contribution >= 0.6 is 22.9 Å². The molecule has 1 amide bonds. The number of carbonyl (C=O) groups excluding carboxylic acids is 2. The highest BCUT2D eigenvalue weighted by molar-refractivity contribution is 7.18. The number of esters is 1. The number of carbonyl (C=O) groups is 2. The molecule has 2 heterocycles. The first-order chi connectivity index (χ1) is 12.8. The molecule has 140 valence electrons. The van der Waals surface area contributed by atoms with Crippen LogP contribution in [-0.4, -0.2) is 28.0 Å². The SMILES string of the molecule is Cc1sc2ncn(CC(=O)OCC(=O)Nc3ccc(Cl)cc3)c(=O)c2c1C. The fourth-order valence-electron chi connectivity index (χ4n) is 2.44. The third-order valence-electron chi connectivity index (χ3n) is 3.95. The van der Waals surface area contributed by atoms with Crippen LogP contribution in [0.1, 0.15) is 10.4 Å². The summed E-state index contributed by atoms with van der Waals surface area (Å²) < 4.78 is 6.13. The van der Waals surface area contributed by atoms with Gasteiger partial charge in [0.15, 0.2) is 6.61 Å². The summed E-state index contributed by atoms with van der Waals surface area (Å²) in [6, 6.07) is 6.53. The van der Waals surface area contributed by atoms with Crippen LogP contribution in [0.4, 0.5) is 5.69 Å². The van der Waals surface area contributed by atoms with Gasteiger partial charge in [-0.2, -0.15) is 0 Å². The summed E-state index contributed by atoms with van der Waals surface area (Å²) in [5.74, 6) is -1.19. The Labute approximate surface area is 163 Å². The van der Waals surface area contributed by atoms with Crippen molar-refractivity contribution < 1.29 is 14.3 Å². The first kappa shape index (κ1) is 19.1. The Balaban J connectivity index is 1.61. The number of aromatic nitrogens is 2. The maximum Gasteiger partial charge on any atom is 0.326 e. The minimum Gasteiger partial charge on any atom is -0.454 e. The van der Waals surface area contributed by atoms with Crippen LogP contribution in [0.5, 0.6) is 0 Å². The van der Waals surface area contributed by atoms with E-state index in [0.717, 1.165) is 10.4 Å². The van der Waals surface area contributed by atoms with E-state index in [4.69, 9.17) is 16.3 Å². The number of benzene rings is 1. The van der Waals surface area contributed by atoms with Gasteiger partial charge in [0.25, 0.3) is 11.5 Å². The van der Waals surface area contributed by atoms with Crippen molar-refractivity contribution in [2.24, 2.45) is 0 Å². The Morgan fingerprint density at radius 2 is 1.96 bits per heavy atom. The lowest BCUT2D eigenvalue weighted by atomic mass is 10.2. The molecule has 0 spiro atoms. The number of rotatable bonds is 5. The number of ether oxygens (including phenoxy) is 1. The van der Waals surface area contributed by atoms with E-state index in [0.29, 0.717) is 20.9 Å². The summed E-state index contributed by atoms with van der Waals surface area (Å²) >= 11 is 7.21. The molecule has 0 saturated heterocycles. The molecule has 0 unspecified atom stereocenters. The standard InChI is InChI=1S/C18H16ClN3O4S/c1-10-11(2)27-17-16(10)18(25)22(9-20-17)7-15(24)26-8-14(23)21-13-5-3-12(19)4-6-13/h3-6,9H,7-8H2,1-2H3,(H,21,23). The Morgan fingerprint density at radius 3 is 2.67 bits per heavy atom. The molecule has 0 radical (unpaired) electrons. The minimum absolute atomic E-state index is 0.301. The average molecular weight is 406 g/mol. The van der Waals surface area contributed by atoms with Crippen molar-refractivity contribution in [2.45, 2.75) is 20.4 Å². The Morgan fingerprint density at radius 1 is 1.26 bits per heavy atom. The number of aryl methyl sites for hydroxylation is 2. The molecule has 0 atom stereocenters. The van der Waals surface area contributed by atoms with Crippen LogP contribution in [0, 0.1) is 13.8 Å². The summed E-state index contributed by atoms with van der Waals surface area (Å²) in [6.07, 6.45) is 1.31. The highest BCUT2D eigenvalue weighted by atomic mass is 35.5. The highest BCUT2D eigenvalue weighted by Gasteiger charge is 2.15. The Kier molecular flexibility index (Phi) is 5.57. The van der Waals surface area contributed by atoms with Gasteiger partial charge in [-0.1, -0.05) is 11.6 Å². The molecule has 0 bridgehead atoms. The third-order valence-corrected chi connectivity index (χ3v) is 5.31. The first-order valence-corrected chi connectivity index (χ1v) is 9.21. The van der Waals surface area contributed by atoms with E-state index in [9.17, 15) is 14.4 Å². The van der Waals surface area contributed by atoms with Gasteiger partial charge in [-0.15, -0.1) is 11.3 Å². The molecule has 3 rings (SSSR count). The van der Waals surface area contributed by atoms with Gasteiger partial charge >= 0.3 is 5.97 Å². The molecular formula is C18H16ClN3O4S. The van der Waals surface area contributed by atoms with Crippen LogP contribution < -0.4 is 10.9 Å². The molecular weight excluding hydrogens is 390 g/mol. The zero-order valence-corrected chi connectivity index (χ0v) is 16.2. The van der Waals surface area contributed by atoms with Crippen molar-refractivity contribution in [1.29, 1.82) is 0 Å². The monoisotopic (exact) mass is 405 g/mol. The summed E-state index contributed by atoms with van der Waals surface area (Å²) in [4.78, 5) is 42.2. The van der Waals surface area contributed by atoms with Crippen molar-refractivity contribution in [3.05, 3.63) is 56.4 Å². The molecule has 0 aliphatic heterocycles. The van der Waals surface area contributed by atoms with Crippen molar-refractivity contribution in [2.75, 3.05) is 11.9 Å². The summed E-state index contributed by atoms with van der Waals surface area (Å²) in [6.45, 7) is 2.99. The number of nitrogens with one attached hydrogen (secondary N) is 1. The van der Waals surface area contributed by atoms with Crippen LogP contribution in [0.15, 0.2) is 35.4 Å². The molecule has 1 aromatic carbocycles. The number of fused-ring (bicyclic) bond motifs is 1. The smallest absolute Gasteiger partial charge is 0.326 e. The lowest BCUT2D eigenvalue weighted by molar-refractivity contribution is -0.147. The topological polar surface area (TPSA) is 90.3 Å². The molecule has 0 aliphatic carbocycles. The number of thiophene rings is 1. The van der Waals surface area contributed by atoms with E-state index in [1.54, 1.807) is 24.3 Å².